The molecule has 0 bridgehead atoms. The lowest BCUT2D eigenvalue weighted by molar-refractivity contribution is 0.00578. The number of rotatable bonds is 7. The number of esters is 1. The van der Waals surface area contributed by atoms with Crippen LogP contribution in [0, 0.1) is 0 Å². The van der Waals surface area contributed by atoms with E-state index in [0.29, 0.717) is 11.0 Å². The van der Waals surface area contributed by atoms with E-state index in [1.165, 1.54) is 24.4 Å². The van der Waals surface area contributed by atoms with Gasteiger partial charge in [0.25, 0.3) is 0 Å². The maximum Gasteiger partial charge on any atom is 0.492 e. The number of benzene rings is 2. The van der Waals surface area contributed by atoms with Crippen molar-refractivity contribution < 1.29 is 28.4 Å². The second kappa shape index (κ2) is 10.9. The zero-order chi connectivity index (χ0) is 28.5. The Morgan fingerprint density at radius 3 is 2.17 bits per heavy atom. The third-order valence-electron chi connectivity index (χ3n) is 7.87. The molecule has 1 N–H and O–H groups in total. The van der Waals surface area contributed by atoms with Gasteiger partial charge in [-0.3, -0.25) is 0 Å². The first-order chi connectivity index (χ1) is 19.1. The van der Waals surface area contributed by atoms with Crippen LogP contribution in [-0.2, 0) is 18.8 Å². The van der Waals surface area contributed by atoms with Crippen LogP contribution in [0.25, 0.3) is 17.2 Å². The Morgan fingerprint density at radius 1 is 0.975 bits per heavy atom. The van der Waals surface area contributed by atoms with Crippen LogP contribution < -0.4 is 5.32 Å². The second-order valence-electron chi connectivity index (χ2n) is 11.0. The molecule has 0 atom stereocenters. The van der Waals surface area contributed by atoms with E-state index in [-0.39, 0.29) is 24.8 Å². The van der Waals surface area contributed by atoms with E-state index >= 15 is 0 Å². The van der Waals surface area contributed by atoms with Gasteiger partial charge >= 0.3 is 19.2 Å². The fourth-order valence-electron chi connectivity index (χ4n) is 4.99. The van der Waals surface area contributed by atoms with Crippen LogP contribution >= 0.6 is 0 Å². The van der Waals surface area contributed by atoms with E-state index in [1.54, 1.807) is 12.1 Å². The minimum Gasteiger partial charge on any atom is -0.464 e. The van der Waals surface area contributed by atoms with Gasteiger partial charge in [-0.1, -0.05) is 54.6 Å². The number of aromatic nitrogens is 1. The topological polar surface area (TPSA) is 96.0 Å². The molecular formula is C31H33BN2O6. The molecule has 2 aliphatic rings. The number of ether oxygens (including phenoxy) is 2. The number of nitrogens with zero attached hydrogens (tertiary/aromatic N) is 1. The number of alkyl carbamates (subject to hydrolysis) is 1. The Hall–Kier alpha value is -3.95. The first-order valence-electron chi connectivity index (χ1n) is 13.3. The number of carbonyl (C=O) groups is 2. The number of fused-ring (bicyclic) bond motifs is 3. The van der Waals surface area contributed by atoms with Crippen LogP contribution in [0.3, 0.4) is 0 Å². The van der Waals surface area contributed by atoms with Gasteiger partial charge in [-0.15, -0.1) is 0 Å². The summed E-state index contributed by atoms with van der Waals surface area (Å²) in [6.45, 7) is 8.18. The van der Waals surface area contributed by atoms with Gasteiger partial charge in [-0.2, -0.15) is 0 Å². The minimum absolute atomic E-state index is 0.0372. The summed E-state index contributed by atoms with van der Waals surface area (Å²) in [4.78, 5) is 29.0. The summed E-state index contributed by atoms with van der Waals surface area (Å²) in [5.41, 5.74) is 5.01. The lowest BCUT2D eigenvalue weighted by Gasteiger charge is -2.32. The smallest absolute Gasteiger partial charge is 0.464 e. The molecule has 0 radical (unpaired) electrons. The monoisotopic (exact) mass is 540 g/mol. The van der Waals surface area contributed by atoms with Crippen molar-refractivity contribution in [1.29, 1.82) is 0 Å². The van der Waals surface area contributed by atoms with Crippen LogP contribution in [0.1, 0.15) is 60.8 Å². The third kappa shape index (κ3) is 5.39. The third-order valence-corrected chi connectivity index (χ3v) is 7.87. The summed E-state index contributed by atoms with van der Waals surface area (Å²) in [6.07, 6.45) is 2.80. The fourth-order valence-corrected chi connectivity index (χ4v) is 4.99. The second-order valence-corrected chi connectivity index (χ2v) is 11.0. The van der Waals surface area contributed by atoms with E-state index in [9.17, 15) is 9.59 Å². The predicted molar refractivity (Wildman–Crippen MR) is 153 cm³/mol. The number of hydrogen-bond acceptors (Lipinski definition) is 7. The zero-order valence-electron chi connectivity index (χ0n) is 23.4. The molecule has 2 aromatic carbocycles. The molecule has 1 amide bonds. The largest absolute Gasteiger partial charge is 0.492 e. The average molecular weight is 540 g/mol. The number of amides is 1. The van der Waals surface area contributed by atoms with Crippen molar-refractivity contribution in [3.63, 3.8) is 0 Å². The molecule has 1 fully saturated rings. The molecule has 1 aromatic heterocycles. The molecule has 0 spiro atoms. The molecule has 1 aliphatic heterocycles. The Bertz CT molecular complexity index is 1410. The van der Waals surface area contributed by atoms with E-state index in [2.05, 4.69) is 34.6 Å². The molecule has 5 rings (SSSR count). The van der Waals surface area contributed by atoms with Gasteiger partial charge in [0.05, 0.1) is 18.3 Å². The highest BCUT2D eigenvalue weighted by Crippen LogP contribution is 2.44. The summed E-state index contributed by atoms with van der Waals surface area (Å²) in [6, 6.07) is 19.8. The number of methoxy groups -OCH3 is 1. The molecule has 3 aromatic rings. The molecule has 9 heteroatoms. The molecular weight excluding hydrogens is 507 g/mol. The van der Waals surface area contributed by atoms with Gasteiger partial charge < -0.3 is 24.1 Å². The van der Waals surface area contributed by atoms with Gasteiger partial charge in [0.2, 0.25) is 0 Å². The molecule has 0 unspecified atom stereocenters. The van der Waals surface area contributed by atoms with Crippen LogP contribution in [0.15, 0.2) is 72.3 Å². The average Bonchev–Trinajstić information content (AvgIpc) is 3.38. The summed E-state index contributed by atoms with van der Waals surface area (Å²) in [5, 5.41) is 2.86. The maximum absolute atomic E-state index is 12.9. The normalized spacial score (nSPS) is 17.2. The zero-order valence-corrected chi connectivity index (χ0v) is 23.4. The fraction of sp³-hybridized carbons (Fsp3) is 0.323. The van der Waals surface area contributed by atoms with Crippen LogP contribution in [0.4, 0.5) is 4.79 Å². The molecule has 8 nitrogen and oxygen atoms in total. The van der Waals surface area contributed by atoms with Crippen molar-refractivity contribution in [3.05, 3.63) is 94.7 Å². The summed E-state index contributed by atoms with van der Waals surface area (Å²) in [7, 11) is 0.592. The van der Waals surface area contributed by atoms with Gasteiger partial charge in [0.1, 0.15) is 12.3 Å². The molecule has 2 heterocycles. The summed E-state index contributed by atoms with van der Waals surface area (Å²) < 4.78 is 23.0. The SMILES string of the molecule is COC(=O)c1cc(C=C(CNC(=O)OCC2c3ccccc3-c3ccccc32)B2OC(C)(C)C(C)(C)O2)ccn1. The standard InChI is InChI=1S/C31H33BN2O6/c1-30(2)31(3,4)40-32(39-30)21(16-20-14-15-33-27(17-20)28(35)37-5)18-34-29(36)38-19-26-24-12-8-6-10-22(24)23-11-7-9-13-25(23)26/h6-17,26H,18-19H2,1-5H3,(H,34,36). The Balaban J connectivity index is 1.32. The highest BCUT2D eigenvalue weighted by Gasteiger charge is 2.52. The maximum atomic E-state index is 12.9. The van der Waals surface area contributed by atoms with E-state index < -0.39 is 30.4 Å². The van der Waals surface area contributed by atoms with Crippen molar-refractivity contribution in [2.75, 3.05) is 20.3 Å². The summed E-state index contributed by atoms with van der Waals surface area (Å²) >= 11 is 0. The first kappa shape index (κ1) is 27.6. The van der Waals surface area contributed by atoms with Crippen molar-refractivity contribution in [3.8, 4) is 11.1 Å². The van der Waals surface area contributed by atoms with Crippen molar-refractivity contribution in [2.24, 2.45) is 0 Å². The predicted octanol–water partition coefficient (Wildman–Crippen LogP) is 5.42. The summed E-state index contributed by atoms with van der Waals surface area (Å²) in [5.74, 6) is -0.575. The van der Waals surface area contributed by atoms with Crippen LogP contribution in [-0.4, -0.2) is 55.6 Å². The van der Waals surface area contributed by atoms with Crippen LogP contribution in [0.5, 0.6) is 0 Å². The van der Waals surface area contributed by atoms with Gasteiger partial charge in [-0.05, 0) is 73.1 Å². The Morgan fingerprint density at radius 2 is 1.57 bits per heavy atom. The first-order valence-corrected chi connectivity index (χ1v) is 13.3. The number of pyridine rings is 1. The van der Waals surface area contributed by atoms with Crippen molar-refractivity contribution >= 4 is 25.3 Å². The quantitative estimate of drug-likeness (QED) is 0.316. The van der Waals surface area contributed by atoms with E-state index in [4.69, 9.17) is 18.8 Å². The van der Waals surface area contributed by atoms with Crippen molar-refractivity contribution in [1.82, 2.24) is 10.3 Å². The van der Waals surface area contributed by atoms with Crippen LogP contribution in [0.2, 0.25) is 0 Å². The molecule has 0 saturated carbocycles. The number of carbonyl (C=O) groups excluding carboxylic acids is 2. The molecule has 1 saturated heterocycles. The van der Waals surface area contributed by atoms with Gasteiger partial charge in [0, 0.05) is 18.7 Å². The lowest BCUT2D eigenvalue weighted by Crippen LogP contribution is -2.41. The van der Waals surface area contributed by atoms with E-state index in [1.807, 2.05) is 58.0 Å². The lowest BCUT2D eigenvalue weighted by atomic mass is 9.77. The van der Waals surface area contributed by atoms with Gasteiger partial charge in [0.15, 0.2) is 0 Å². The number of nitrogens with one attached hydrogen (secondary N) is 1. The molecule has 206 valence electrons. The molecule has 1 aliphatic carbocycles. The minimum atomic E-state index is -0.714. The molecule has 40 heavy (non-hydrogen) atoms. The highest BCUT2D eigenvalue weighted by atomic mass is 16.7. The Labute approximate surface area is 234 Å². The Kier molecular flexibility index (Phi) is 7.53. The van der Waals surface area contributed by atoms with Gasteiger partial charge in [-0.25, -0.2) is 14.6 Å². The van der Waals surface area contributed by atoms with E-state index in [0.717, 1.165) is 11.1 Å². The highest BCUT2D eigenvalue weighted by molar-refractivity contribution is 6.56. The van der Waals surface area contributed by atoms with Crippen molar-refractivity contribution in [2.45, 2.75) is 44.8 Å². The number of hydrogen-bond donors (Lipinski definition) is 1.